The molecule has 21 heavy (non-hydrogen) atoms. The predicted octanol–water partition coefficient (Wildman–Crippen LogP) is 3.70. The maximum atomic E-state index is 12.1. The van der Waals surface area contributed by atoms with Crippen molar-refractivity contribution >= 4 is 33.5 Å². The van der Waals surface area contributed by atoms with Crippen molar-refractivity contribution in [2.45, 2.75) is 26.3 Å². The molecule has 1 amide bonds. The summed E-state index contributed by atoms with van der Waals surface area (Å²) in [6.45, 7) is 4.17. The van der Waals surface area contributed by atoms with Crippen molar-refractivity contribution in [2.24, 2.45) is 0 Å². The third-order valence-corrected chi connectivity index (χ3v) is 3.49. The smallest absolute Gasteiger partial charge is 0.256 e. The molecule has 1 aromatic heterocycles. The molecule has 0 saturated heterocycles. The van der Waals surface area contributed by atoms with Crippen LogP contribution < -0.4 is 10.6 Å². The molecule has 6 heteroatoms. The Bertz CT molecular complexity index is 615. The number of hydrogen-bond acceptors (Lipinski definition) is 4. The van der Waals surface area contributed by atoms with Crippen LogP contribution in [0.15, 0.2) is 40.9 Å². The van der Waals surface area contributed by atoms with Crippen LogP contribution in [0.25, 0.3) is 0 Å². The first-order valence-electron chi connectivity index (χ1n) is 6.75. The summed E-state index contributed by atoms with van der Waals surface area (Å²) in [4.78, 5) is 12.1. The van der Waals surface area contributed by atoms with Crippen LogP contribution in [-0.2, 0) is 0 Å². The molecule has 0 fully saturated rings. The Balaban J connectivity index is 2.01. The van der Waals surface area contributed by atoms with Crippen molar-refractivity contribution in [2.75, 3.05) is 10.6 Å². The van der Waals surface area contributed by atoms with E-state index in [1.165, 1.54) is 0 Å². The van der Waals surface area contributed by atoms with E-state index < -0.39 is 0 Å². The van der Waals surface area contributed by atoms with Gasteiger partial charge in [0.1, 0.15) is 5.82 Å². The lowest BCUT2D eigenvalue weighted by Gasteiger charge is -2.11. The second kappa shape index (κ2) is 7.17. The molecule has 110 valence electrons. The van der Waals surface area contributed by atoms with Crippen LogP contribution in [0.2, 0.25) is 0 Å². The largest absolute Gasteiger partial charge is 0.366 e. The van der Waals surface area contributed by atoms with Crippen molar-refractivity contribution < 1.29 is 4.79 Å². The third-order valence-electron chi connectivity index (χ3n) is 3.00. The average molecular weight is 349 g/mol. The maximum absolute atomic E-state index is 12.1. The molecule has 1 unspecified atom stereocenters. The van der Waals surface area contributed by atoms with Gasteiger partial charge in [-0.2, -0.15) is 0 Å². The zero-order valence-corrected chi connectivity index (χ0v) is 13.5. The van der Waals surface area contributed by atoms with Gasteiger partial charge in [-0.1, -0.05) is 28.9 Å². The summed E-state index contributed by atoms with van der Waals surface area (Å²) in [5.74, 6) is 0.910. The highest BCUT2D eigenvalue weighted by Gasteiger charge is 2.08. The number of halogens is 1. The molecule has 1 atom stereocenters. The van der Waals surface area contributed by atoms with E-state index in [0.717, 1.165) is 10.9 Å². The van der Waals surface area contributed by atoms with Gasteiger partial charge in [-0.3, -0.25) is 4.79 Å². The number of rotatable bonds is 5. The lowest BCUT2D eigenvalue weighted by atomic mass is 10.2. The lowest BCUT2D eigenvalue weighted by Crippen LogP contribution is -2.16. The summed E-state index contributed by atoms with van der Waals surface area (Å²) in [6, 6.07) is 11.0. The number of hydrogen-bond donors (Lipinski definition) is 2. The third kappa shape index (κ3) is 4.53. The van der Waals surface area contributed by atoms with E-state index in [1.807, 2.05) is 12.1 Å². The van der Waals surface area contributed by atoms with Gasteiger partial charge in [0.15, 0.2) is 5.82 Å². The highest BCUT2D eigenvalue weighted by Crippen LogP contribution is 2.14. The van der Waals surface area contributed by atoms with E-state index >= 15 is 0 Å². The van der Waals surface area contributed by atoms with Crippen LogP contribution in [0, 0.1) is 0 Å². The van der Waals surface area contributed by atoms with Crippen LogP contribution in [0.3, 0.4) is 0 Å². The van der Waals surface area contributed by atoms with Gasteiger partial charge in [-0.15, -0.1) is 10.2 Å². The van der Waals surface area contributed by atoms with Gasteiger partial charge in [0.2, 0.25) is 0 Å². The second-order valence-corrected chi connectivity index (χ2v) is 5.64. The van der Waals surface area contributed by atoms with Gasteiger partial charge in [-0.05, 0) is 43.7 Å². The first-order chi connectivity index (χ1) is 10.1. The van der Waals surface area contributed by atoms with E-state index in [2.05, 4.69) is 50.6 Å². The zero-order chi connectivity index (χ0) is 15.2. The topological polar surface area (TPSA) is 66.9 Å². The monoisotopic (exact) mass is 348 g/mol. The highest BCUT2D eigenvalue weighted by molar-refractivity contribution is 9.10. The number of amides is 1. The highest BCUT2D eigenvalue weighted by atomic mass is 79.9. The van der Waals surface area contributed by atoms with Crippen LogP contribution in [0.5, 0.6) is 0 Å². The van der Waals surface area contributed by atoms with Crippen LogP contribution >= 0.6 is 15.9 Å². The molecule has 2 aromatic rings. The van der Waals surface area contributed by atoms with E-state index in [-0.39, 0.29) is 5.91 Å². The first kappa shape index (κ1) is 15.4. The number of aromatic nitrogens is 2. The van der Waals surface area contributed by atoms with Crippen LogP contribution in [0.1, 0.15) is 30.6 Å². The molecule has 0 bridgehead atoms. The SMILES string of the molecule is CCC(C)Nc1ccc(NC(=O)c2cccc(Br)c2)nn1. The Kier molecular flexibility index (Phi) is 5.27. The predicted molar refractivity (Wildman–Crippen MR) is 87.5 cm³/mol. The van der Waals surface area contributed by atoms with Gasteiger partial charge in [0.05, 0.1) is 0 Å². The van der Waals surface area contributed by atoms with Gasteiger partial charge in [0.25, 0.3) is 5.91 Å². The molecule has 2 N–H and O–H groups in total. The molecule has 5 nitrogen and oxygen atoms in total. The summed E-state index contributed by atoms with van der Waals surface area (Å²) in [5.41, 5.74) is 0.563. The number of benzene rings is 1. The first-order valence-corrected chi connectivity index (χ1v) is 7.55. The lowest BCUT2D eigenvalue weighted by molar-refractivity contribution is 0.102. The second-order valence-electron chi connectivity index (χ2n) is 4.72. The van der Waals surface area contributed by atoms with E-state index in [9.17, 15) is 4.79 Å². The quantitative estimate of drug-likeness (QED) is 0.864. The Hall–Kier alpha value is -1.95. The number of carbonyl (C=O) groups is 1. The minimum absolute atomic E-state index is 0.215. The molecular weight excluding hydrogens is 332 g/mol. The summed E-state index contributed by atoms with van der Waals surface area (Å²) in [6.07, 6.45) is 1.00. The molecule has 0 radical (unpaired) electrons. The van der Waals surface area contributed by atoms with Crippen LogP contribution in [0.4, 0.5) is 11.6 Å². The standard InChI is InChI=1S/C15H17BrN4O/c1-3-10(2)17-13-7-8-14(20-19-13)18-15(21)11-5-4-6-12(16)9-11/h4-10H,3H2,1-2H3,(H,17,19)(H,18,20,21). The number of anilines is 2. The fraction of sp³-hybridized carbons (Fsp3) is 0.267. The number of carbonyl (C=O) groups excluding carboxylic acids is 1. The number of nitrogens with zero attached hydrogens (tertiary/aromatic N) is 2. The van der Waals surface area contributed by atoms with E-state index in [1.54, 1.807) is 24.3 Å². The molecule has 2 rings (SSSR count). The molecule has 1 aromatic carbocycles. The molecule has 0 aliphatic heterocycles. The summed E-state index contributed by atoms with van der Waals surface area (Å²) >= 11 is 3.34. The van der Waals surface area contributed by atoms with Crippen molar-refractivity contribution in [3.8, 4) is 0 Å². The fourth-order valence-electron chi connectivity index (χ4n) is 1.65. The Morgan fingerprint density at radius 1 is 1.24 bits per heavy atom. The van der Waals surface area contributed by atoms with Crippen molar-refractivity contribution in [3.05, 3.63) is 46.4 Å². The Labute approximate surface area is 132 Å². The molecule has 0 aliphatic carbocycles. The normalized spacial score (nSPS) is 11.8. The molecule has 0 aliphatic rings. The van der Waals surface area contributed by atoms with Gasteiger partial charge < -0.3 is 10.6 Å². The minimum Gasteiger partial charge on any atom is -0.366 e. The van der Waals surface area contributed by atoms with Crippen molar-refractivity contribution in [3.63, 3.8) is 0 Å². The Morgan fingerprint density at radius 3 is 2.57 bits per heavy atom. The van der Waals surface area contributed by atoms with E-state index in [0.29, 0.717) is 23.2 Å². The minimum atomic E-state index is -0.215. The van der Waals surface area contributed by atoms with Gasteiger partial charge in [0, 0.05) is 16.1 Å². The average Bonchev–Trinajstić information content (AvgIpc) is 2.49. The maximum Gasteiger partial charge on any atom is 0.256 e. The summed E-state index contributed by atoms with van der Waals surface area (Å²) in [5, 5.41) is 14.0. The Morgan fingerprint density at radius 2 is 1.95 bits per heavy atom. The van der Waals surface area contributed by atoms with Crippen molar-refractivity contribution in [1.29, 1.82) is 0 Å². The fourth-order valence-corrected chi connectivity index (χ4v) is 2.05. The van der Waals surface area contributed by atoms with Gasteiger partial charge >= 0.3 is 0 Å². The molecule has 0 saturated carbocycles. The molecule has 1 heterocycles. The molecular formula is C15H17BrN4O. The summed E-state index contributed by atoms with van der Waals surface area (Å²) < 4.78 is 0.856. The molecule has 0 spiro atoms. The summed E-state index contributed by atoms with van der Waals surface area (Å²) in [7, 11) is 0. The van der Waals surface area contributed by atoms with Crippen molar-refractivity contribution in [1.82, 2.24) is 10.2 Å². The zero-order valence-electron chi connectivity index (χ0n) is 11.9. The van der Waals surface area contributed by atoms with Crippen LogP contribution in [-0.4, -0.2) is 22.1 Å². The van der Waals surface area contributed by atoms with E-state index in [4.69, 9.17) is 0 Å². The number of nitrogens with one attached hydrogen (secondary N) is 2. The van der Waals surface area contributed by atoms with Gasteiger partial charge in [-0.25, -0.2) is 0 Å².